The third-order valence-corrected chi connectivity index (χ3v) is 5.68. The molecule has 1 N–H and O–H groups in total. The van der Waals surface area contributed by atoms with Crippen LogP contribution in [0.2, 0.25) is 10.0 Å². The number of morpholine rings is 1. The minimum absolute atomic E-state index is 0.0192. The maximum atomic E-state index is 12.1. The maximum Gasteiger partial charge on any atom is 0.221 e. The fourth-order valence-electron chi connectivity index (χ4n) is 3.27. The average molecular weight is 461 g/mol. The number of hydrogen-bond acceptors (Lipinski definition) is 4. The van der Waals surface area contributed by atoms with Crippen LogP contribution in [0.25, 0.3) is 0 Å². The predicted octanol–water partition coefficient (Wildman–Crippen LogP) is 4.15. The molecule has 1 atom stereocenters. The lowest BCUT2D eigenvalue weighted by Gasteiger charge is -2.33. The molecule has 164 valence electrons. The van der Waals surface area contributed by atoms with Crippen molar-refractivity contribution in [3.05, 3.63) is 63.6 Å². The van der Waals surface area contributed by atoms with E-state index in [1.165, 1.54) is 0 Å². The van der Waals surface area contributed by atoms with E-state index in [2.05, 4.69) is 22.1 Å². The summed E-state index contributed by atoms with van der Waals surface area (Å²) in [7, 11) is 1.63. The highest BCUT2D eigenvalue weighted by molar-refractivity contribution is 6.42. The minimum atomic E-state index is -0.0362. The molecule has 7 heteroatoms. The molecule has 1 aliphatic heterocycles. The highest BCUT2D eigenvalue weighted by Crippen LogP contribution is 2.23. The Morgan fingerprint density at radius 1 is 1.23 bits per heavy atom. The van der Waals surface area contributed by atoms with Gasteiger partial charge in [-0.15, -0.1) is 0 Å². The molecule has 31 heavy (non-hydrogen) atoms. The van der Waals surface area contributed by atoms with Crippen LogP contribution < -0.4 is 10.1 Å². The van der Waals surface area contributed by atoms with Gasteiger partial charge in [-0.2, -0.15) is 0 Å². The molecule has 5 nitrogen and oxygen atoms in total. The van der Waals surface area contributed by atoms with E-state index in [9.17, 15) is 4.79 Å². The van der Waals surface area contributed by atoms with Crippen molar-refractivity contribution >= 4 is 29.1 Å². The van der Waals surface area contributed by atoms with E-state index in [0.29, 0.717) is 36.0 Å². The summed E-state index contributed by atoms with van der Waals surface area (Å²) in [5, 5.41) is 4.07. The van der Waals surface area contributed by atoms with Gasteiger partial charge < -0.3 is 14.8 Å². The standard InChI is InChI=1S/C24H26Cl2N2O3/c1-30-20-9-6-18(7-10-20)4-2-3-5-24(29)27-15-21-17-28(12-13-31-21)16-19-8-11-22(25)23(26)14-19/h6-11,14,21H,3,5,12-13,15-17H2,1H3,(H,27,29). The number of ether oxygens (including phenoxy) is 2. The Morgan fingerprint density at radius 3 is 2.77 bits per heavy atom. The number of amides is 1. The van der Waals surface area contributed by atoms with Crippen molar-refractivity contribution in [3.63, 3.8) is 0 Å². The molecule has 0 radical (unpaired) electrons. The van der Waals surface area contributed by atoms with Crippen LogP contribution in [0.3, 0.4) is 0 Å². The van der Waals surface area contributed by atoms with Crippen molar-refractivity contribution in [2.24, 2.45) is 0 Å². The molecule has 1 amide bonds. The van der Waals surface area contributed by atoms with Crippen molar-refractivity contribution < 1.29 is 14.3 Å². The van der Waals surface area contributed by atoms with Gasteiger partial charge in [0, 0.05) is 44.6 Å². The van der Waals surface area contributed by atoms with E-state index < -0.39 is 0 Å². The number of nitrogens with zero attached hydrogens (tertiary/aromatic N) is 1. The highest BCUT2D eigenvalue weighted by atomic mass is 35.5. The first-order chi connectivity index (χ1) is 15.0. The molecule has 0 spiro atoms. The van der Waals surface area contributed by atoms with E-state index in [4.69, 9.17) is 32.7 Å². The van der Waals surface area contributed by atoms with Crippen molar-refractivity contribution in [1.82, 2.24) is 10.2 Å². The highest BCUT2D eigenvalue weighted by Gasteiger charge is 2.21. The second kappa shape index (κ2) is 12.0. The van der Waals surface area contributed by atoms with E-state index in [0.717, 1.165) is 36.5 Å². The van der Waals surface area contributed by atoms with Gasteiger partial charge in [-0.25, -0.2) is 0 Å². The summed E-state index contributed by atoms with van der Waals surface area (Å²) in [5.74, 6) is 6.88. The van der Waals surface area contributed by atoms with Crippen LogP contribution >= 0.6 is 23.2 Å². The van der Waals surface area contributed by atoms with Crippen LogP contribution in [0.5, 0.6) is 5.75 Å². The number of nitrogens with one attached hydrogen (secondary N) is 1. The molecular weight excluding hydrogens is 435 g/mol. The van der Waals surface area contributed by atoms with Gasteiger partial charge in [0.2, 0.25) is 5.91 Å². The van der Waals surface area contributed by atoms with E-state index in [-0.39, 0.29) is 12.0 Å². The number of carbonyl (C=O) groups excluding carboxylic acids is 1. The average Bonchev–Trinajstić information content (AvgIpc) is 2.78. The third kappa shape index (κ3) is 7.75. The molecule has 0 aliphatic carbocycles. The zero-order valence-electron chi connectivity index (χ0n) is 17.5. The van der Waals surface area contributed by atoms with Crippen molar-refractivity contribution in [2.45, 2.75) is 25.5 Å². The lowest BCUT2D eigenvalue weighted by molar-refractivity contribution is -0.122. The smallest absolute Gasteiger partial charge is 0.221 e. The Kier molecular flexibility index (Phi) is 9.05. The molecule has 1 unspecified atom stereocenters. The summed E-state index contributed by atoms with van der Waals surface area (Å²) >= 11 is 12.1. The largest absolute Gasteiger partial charge is 0.497 e. The summed E-state index contributed by atoms with van der Waals surface area (Å²) < 4.78 is 10.9. The lowest BCUT2D eigenvalue weighted by atomic mass is 10.2. The summed E-state index contributed by atoms with van der Waals surface area (Å²) in [4.78, 5) is 14.4. The fraction of sp³-hybridized carbons (Fsp3) is 0.375. The van der Waals surface area contributed by atoms with Gasteiger partial charge in [0.15, 0.2) is 0 Å². The minimum Gasteiger partial charge on any atom is -0.497 e. The number of methoxy groups -OCH3 is 1. The Labute approximate surface area is 193 Å². The van der Waals surface area contributed by atoms with Gasteiger partial charge in [-0.1, -0.05) is 41.1 Å². The number of carbonyl (C=O) groups is 1. The molecule has 3 rings (SSSR count). The van der Waals surface area contributed by atoms with Crippen molar-refractivity contribution in [1.29, 1.82) is 0 Å². The topological polar surface area (TPSA) is 50.8 Å². The number of benzene rings is 2. The van der Waals surface area contributed by atoms with E-state index in [1.807, 2.05) is 42.5 Å². The molecule has 1 heterocycles. The Bertz CT molecular complexity index is 938. The van der Waals surface area contributed by atoms with Crippen LogP contribution in [-0.2, 0) is 16.1 Å². The predicted molar refractivity (Wildman–Crippen MR) is 124 cm³/mol. The zero-order chi connectivity index (χ0) is 22.1. The summed E-state index contributed by atoms with van der Waals surface area (Å²) in [5.41, 5.74) is 2.01. The van der Waals surface area contributed by atoms with Crippen LogP contribution in [-0.4, -0.2) is 50.3 Å². The molecule has 0 bridgehead atoms. The molecule has 2 aromatic rings. The second-order valence-corrected chi connectivity index (χ2v) is 8.13. The first-order valence-electron chi connectivity index (χ1n) is 10.2. The Hall–Kier alpha value is -2.23. The maximum absolute atomic E-state index is 12.1. The van der Waals surface area contributed by atoms with E-state index >= 15 is 0 Å². The summed E-state index contributed by atoms with van der Waals surface area (Å²) in [6, 6.07) is 13.2. The monoisotopic (exact) mass is 460 g/mol. The third-order valence-electron chi connectivity index (χ3n) is 4.94. The van der Waals surface area contributed by atoms with Crippen LogP contribution in [0, 0.1) is 11.8 Å². The van der Waals surface area contributed by atoms with Gasteiger partial charge in [0.25, 0.3) is 0 Å². The second-order valence-electron chi connectivity index (χ2n) is 7.31. The van der Waals surface area contributed by atoms with Crippen LogP contribution in [0.1, 0.15) is 24.0 Å². The van der Waals surface area contributed by atoms with Crippen molar-refractivity contribution in [3.8, 4) is 17.6 Å². The van der Waals surface area contributed by atoms with Gasteiger partial charge in [-0.3, -0.25) is 9.69 Å². The van der Waals surface area contributed by atoms with Gasteiger partial charge in [0.1, 0.15) is 5.75 Å². The Morgan fingerprint density at radius 2 is 2.03 bits per heavy atom. The Balaban J connectivity index is 1.37. The van der Waals surface area contributed by atoms with Gasteiger partial charge in [0.05, 0.1) is 29.9 Å². The zero-order valence-corrected chi connectivity index (χ0v) is 19.0. The normalized spacial score (nSPS) is 16.3. The summed E-state index contributed by atoms with van der Waals surface area (Å²) in [6.07, 6.45) is 0.834. The van der Waals surface area contributed by atoms with Gasteiger partial charge >= 0.3 is 0 Å². The number of rotatable bonds is 7. The molecule has 1 fully saturated rings. The number of hydrogen-bond donors (Lipinski definition) is 1. The first-order valence-corrected chi connectivity index (χ1v) is 11.0. The molecule has 0 saturated carbocycles. The fourth-order valence-corrected chi connectivity index (χ4v) is 3.60. The molecule has 2 aromatic carbocycles. The quantitative estimate of drug-likeness (QED) is 0.630. The van der Waals surface area contributed by atoms with E-state index in [1.54, 1.807) is 7.11 Å². The van der Waals surface area contributed by atoms with Gasteiger partial charge in [-0.05, 0) is 42.0 Å². The molecule has 1 aliphatic rings. The van der Waals surface area contributed by atoms with Crippen LogP contribution in [0.4, 0.5) is 0 Å². The van der Waals surface area contributed by atoms with Crippen molar-refractivity contribution in [2.75, 3.05) is 33.4 Å². The van der Waals surface area contributed by atoms with Crippen LogP contribution in [0.15, 0.2) is 42.5 Å². The molecule has 1 saturated heterocycles. The number of halogens is 2. The summed E-state index contributed by atoms with van der Waals surface area (Å²) in [6.45, 7) is 3.48. The SMILES string of the molecule is COc1ccc(C#CCCC(=O)NCC2CN(Cc3ccc(Cl)c(Cl)c3)CCO2)cc1. The first kappa shape index (κ1) is 23.4. The molecular formula is C24H26Cl2N2O3. The molecule has 0 aromatic heterocycles. The lowest BCUT2D eigenvalue weighted by Crippen LogP contribution is -2.47.